The van der Waals surface area contributed by atoms with Crippen LogP contribution >= 0.6 is 11.6 Å². The van der Waals surface area contributed by atoms with Crippen molar-refractivity contribution in [2.45, 2.75) is 25.9 Å². The fraction of sp³-hybridized carbons (Fsp3) is 0.364. The maximum Gasteiger partial charge on any atom is 0.128 e. The molecule has 2 aromatic carbocycles. The van der Waals surface area contributed by atoms with Crippen LogP contribution in [0.3, 0.4) is 0 Å². The van der Waals surface area contributed by atoms with Gasteiger partial charge in [0.1, 0.15) is 11.6 Å². The van der Waals surface area contributed by atoms with Gasteiger partial charge in [0.05, 0.1) is 5.60 Å². The van der Waals surface area contributed by atoms with Crippen molar-refractivity contribution in [3.63, 3.8) is 0 Å². The predicted octanol–water partition coefficient (Wildman–Crippen LogP) is 5.19. The highest BCUT2D eigenvalue weighted by atomic mass is 35.5. The van der Waals surface area contributed by atoms with Crippen molar-refractivity contribution in [2.24, 2.45) is 5.92 Å². The van der Waals surface area contributed by atoms with Gasteiger partial charge in [0.15, 0.2) is 0 Å². The standard InChI is InChI=1S/C22H26ClF2NO/c1-15(12-17-8-10-18(24)11-9-17)22(27,16(2)14-26(3)4)13-19-20(23)6-5-7-21(19)25/h5-12,16,27H,13-14H2,1-4H3. The minimum Gasteiger partial charge on any atom is -0.385 e. The Balaban J connectivity index is 2.47. The van der Waals surface area contributed by atoms with Crippen molar-refractivity contribution < 1.29 is 13.9 Å². The molecule has 0 aliphatic carbocycles. The zero-order chi connectivity index (χ0) is 20.2. The topological polar surface area (TPSA) is 23.5 Å². The molecule has 0 amide bonds. The van der Waals surface area contributed by atoms with Gasteiger partial charge < -0.3 is 10.0 Å². The van der Waals surface area contributed by atoms with E-state index in [0.29, 0.717) is 22.7 Å². The fourth-order valence-corrected chi connectivity index (χ4v) is 3.54. The molecule has 0 radical (unpaired) electrons. The monoisotopic (exact) mass is 393 g/mol. The normalized spacial score (nSPS) is 15.7. The van der Waals surface area contributed by atoms with E-state index >= 15 is 0 Å². The largest absolute Gasteiger partial charge is 0.385 e. The van der Waals surface area contributed by atoms with Crippen LogP contribution in [0, 0.1) is 17.6 Å². The highest BCUT2D eigenvalue weighted by Crippen LogP contribution is 2.35. The number of aliphatic hydroxyl groups is 1. The fourth-order valence-electron chi connectivity index (χ4n) is 3.31. The number of benzene rings is 2. The van der Waals surface area contributed by atoms with Gasteiger partial charge >= 0.3 is 0 Å². The summed E-state index contributed by atoms with van der Waals surface area (Å²) in [6.45, 7) is 4.35. The van der Waals surface area contributed by atoms with E-state index in [9.17, 15) is 13.9 Å². The Hall–Kier alpha value is -1.75. The van der Waals surface area contributed by atoms with Crippen LogP contribution in [0.4, 0.5) is 8.78 Å². The molecule has 0 aromatic heterocycles. The molecule has 2 nitrogen and oxygen atoms in total. The van der Waals surface area contributed by atoms with Crippen LogP contribution in [0.2, 0.25) is 5.02 Å². The summed E-state index contributed by atoms with van der Waals surface area (Å²) in [7, 11) is 3.85. The summed E-state index contributed by atoms with van der Waals surface area (Å²) in [5.41, 5.74) is 0.413. The third-order valence-corrected chi connectivity index (χ3v) is 5.25. The van der Waals surface area contributed by atoms with Gasteiger partial charge in [-0.3, -0.25) is 0 Å². The molecule has 2 atom stereocenters. The van der Waals surface area contributed by atoms with Gasteiger partial charge in [0.25, 0.3) is 0 Å². The summed E-state index contributed by atoms with van der Waals surface area (Å²) in [5.74, 6) is -0.952. The first-order chi connectivity index (χ1) is 12.6. The first-order valence-electron chi connectivity index (χ1n) is 8.88. The second kappa shape index (κ2) is 8.96. The molecule has 2 unspecified atom stereocenters. The lowest BCUT2D eigenvalue weighted by atomic mass is 9.77. The average molecular weight is 394 g/mol. The molecule has 0 aliphatic rings. The molecule has 0 saturated heterocycles. The highest BCUT2D eigenvalue weighted by molar-refractivity contribution is 6.31. The first kappa shape index (κ1) is 21.5. The minimum atomic E-state index is -1.31. The molecular weight excluding hydrogens is 368 g/mol. The summed E-state index contributed by atoms with van der Waals surface area (Å²) < 4.78 is 27.5. The summed E-state index contributed by atoms with van der Waals surface area (Å²) in [6, 6.07) is 10.5. The molecule has 0 bridgehead atoms. The van der Waals surface area contributed by atoms with Gasteiger partial charge in [-0.25, -0.2) is 8.78 Å². The first-order valence-corrected chi connectivity index (χ1v) is 9.25. The smallest absolute Gasteiger partial charge is 0.128 e. The molecule has 0 fully saturated rings. The molecule has 2 aromatic rings. The van der Waals surface area contributed by atoms with E-state index in [1.165, 1.54) is 18.2 Å². The average Bonchev–Trinajstić information content (AvgIpc) is 2.59. The van der Waals surface area contributed by atoms with Crippen molar-refractivity contribution in [3.8, 4) is 0 Å². The van der Waals surface area contributed by atoms with Gasteiger partial charge in [-0.15, -0.1) is 0 Å². The van der Waals surface area contributed by atoms with Gasteiger partial charge in [-0.05, 0) is 56.4 Å². The summed E-state index contributed by atoms with van der Waals surface area (Å²) >= 11 is 6.21. The Kier molecular flexibility index (Phi) is 7.15. The molecule has 146 valence electrons. The van der Waals surface area contributed by atoms with Crippen LogP contribution in [0.1, 0.15) is 25.0 Å². The van der Waals surface area contributed by atoms with Crippen molar-refractivity contribution >= 4 is 17.7 Å². The van der Waals surface area contributed by atoms with Gasteiger partial charge in [-0.2, -0.15) is 0 Å². The summed E-state index contributed by atoms with van der Waals surface area (Å²) in [6.07, 6.45) is 1.86. The summed E-state index contributed by atoms with van der Waals surface area (Å²) in [4.78, 5) is 1.98. The second-order valence-corrected chi connectivity index (χ2v) is 7.75. The molecular formula is C22H26ClF2NO. The lowest BCUT2D eigenvalue weighted by Gasteiger charge is -2.37. The van der Waals surface area contributed by atoms with E-state index in [1.807, 2.05) is 32.8 Å². The van der Waals surface area contributed by atoms with Crippen molar-refractivity contribution in [1.29, 1.82) is 0 Å². The zero-order valence-corrected chi connectivity index (χ0v) is 16.9. The Morgan fingerprint density at radius 3 is 2.37 bits per heavy atom. The van der Waals surface area contributed by atoms with Crippen LogP contribution in [-0.2, 0) is 6.42 Å². The molecule has 2 rings (SSSR count). The number of hydrogen-bond donors (Lipinski definition) is 1. The zero-order valence-electron chi connectivity index (χ0n) is 16.1. The van der Waals surface area contributed by atoms with Crippen molar-refractivity contribution in [2.75, 3.05) is 20.6 Å². The van der Waals surface area contributed by atoms with Gasteiger partial charge in [-0.1, -0.05) is 42.8 Å². The van der Waals surface area contributed by atoms with E-state index in [-0.39, 0.29) is 18.2 Å². The Labute approximate surface area is 165 Å². The van der Waals surface area contributed by atoms with Gasteiger partial charge in [0.2, 0.25) is 0 Å². The van der Waals surface area contributed by atoms with Crippen LogP contribution < -0.4 is 0 Å². The van der Waals surface area contributed by atoms with E-state index in [1.54, 1.807) is 30.3 Å². The van der Waals surface area contributed by atoms with Crippen LogP contribution in [0.5, 0.6) is 0 Å². The second-order valence-electron chi connectivity index (χ2n) is 7.34. The predicted molar refractivity (Wildman–Crippen MR) is 108 cm³/mol. The van der Waals surface area contributed by atoms with E-state index < -0.39 is 11.4 Å². The van der Waals surface area contributed by atoms with E-state index in [4.69, 9.17) is 11.6 Å². The van der Waals surface area contributed by atoms with E-state index in [2.05, 4.69) is 0 Å². The molecule has 27 heavy (non-hydrogen) atoms. The van der Waals surface area contributed by atoms with Crippen molar-refractivity contribution in [3.05, 3.63) is 75.8 Å². The summed E-state index contributed by atoms with van der Waals surface area (Å²) in [5, 5.41) is 11.9. The van der Waals surface area contributed by atoms with Crippen molar-refractivity contribution in [1.82, 2.24) is 4.90 Å². The molecule has 0 spiro atoms. The lowest BCUT2D eigenvalue weighted by molar-refractivity contribution is 0.0143. The third kappa shape index (κ3) is 5.38. The number of halogens is 3. The maximum atomic E-state index is 14.4. The van der Waals surface area contributed by atoms with Crippen LogP contribution in [0.15, 0.2) is 48.0 Å². The molecule has 5 heteroatoms. The Morgan fingerprint density at radius 2 is 1.81 bits per heavy atom. The Bertz CT molecular complexity index is 784. The quantitative estimate of drug-likeness (QED) is 0.699. The van der Waals surface area contributed by atoms with Crippen LogP contribution in [0.25, 0.3) is 6.08 Å². The van der Waals surface area contributed by atoms with Gasteiger partial charge in [0, 0.05) is 29.5 Å². The Morgan fingerprint density at radius 1 is 1.19 bits per heavy atom. The molecule has 0 aliphatic heterocycles. The number of hydrogen-bond acceptors (Lipinski definition) is 2. The highest BCUT2D eigenvalue weighted by Gasteiger charge is 2.37. The number of nitrogens with zero attached hydrogens (tertiary/aromatic N) is 1. The van der Waals surface area contributed by atoms with Crippen LogP contribution in [-0.4, -0.2) is 36.2 Å². The lowest BCUT2D eigenvalue weighted by Crippen LogP contribution is -2.44. The molecule has 1 N–H and O–H groups in total. The minimum absolute atomic E-state index is 0.0526. The third-order valence-electron chi connectivity index (χ3n) is 4.90. The van der Waals surface area contributed by atoms with E-state index in [0.717, 1.165) is 5.56 Å². The molecule has 0 saturated carbocycles. The molecule has 0 heterocycles. The SMILES string of the molecule is CC(=Cc1ccc(F)cc1)C(O)(Cc1c(F)cccc1Cl)C(C)CN(C)C. The number of rotatable bonds is 7. The maximum absolute atomic E-state index is 14.4.